The van der Waals surface area contributed by atoms with Gasteiger partial charge in [-0.2, -0.15) is 0 Å². The Morgan fingerprint density at radius 2 is 1.94 bits per heavy atom. The molecule has 3 rings (SSSR count). The maximum absolute atomic E-state index is 11.8. The molecule has 32 heavy (non-hydrogen) atoms. The lowest BCUT2D eigenvalue weighted by molar-refractivity contribution is -0.647. The van der Waals surface area contributed by atoms with Crippen LogP contribution in [0.1, 0.15) is 37.1 Å². The number of carbonyl (C=O) groups excluding carboxylic acids is 1. The fourth-order valence-corrected chi connectivity index (χ4v) is 4.42. The molecule has 0 radical (unpaired) electrons. The minimum atomic E-state index is 0.0623. The largest absolute Gasteiger partial charge is 0.355 e. The molecule has 0 unspecified atom stereocenters. The molecule has 0 saturated heterocycles. The van der Waals surface area contributed by atoms with Crippen molar-refractivity contribution in [1.29, 1.82) is 0 Å². The molecule has 170 valence electrons. The van der Waals surface area contributed by atoms with Gasteiger partial charge in [-0.25, -0.2) is 9.13 Å². The number of nitrogens with one attached hydrogen (secondary N) is 1. The maximum Gasteiger partial charge on any atom is 0.282 e. The van der Waals surface area contributed by atoms with Crippen LogP contribution >= 0.6 is 39.1 Å². The SMILES string of the molecule is C[n+]1c(/C=C/c2cccc(Br)c2)n(CCCCCC(=O)NCCN)c2cc(Cl)c(Cl)cc21. The first-order valence-electron chi connectivity index (χ1n) is 10.7. The summed E-state index contributed by atoms with van der Waals surface area (Å²) in [7, 11) is 2.03. The summed E-state index contributed by atoms with van der Waals surface area (Å²) in [6.45, 7) is 1.81. The molecular formula is C24H28BrCl2N4O+. The van der Waals surface area contributed by atoms with E-state index in [4.69, 9.17) is 28.9 Å². The molecule has 2 aromatic carbocycles. The van der Waals surface area contributed by atoms with Crippen molar-refractivity contribution < 1.29 is 9.36 Å². The zero-order valence-corrected chi connectivity index (χ0v) is 21.2. The number of halogens is 3. The molecule has 0 atom stereocenters. The molecule has 0 aliphatic rings. The van der Waals surface area contributed by atoms with Crippen LogP contribution in [0.25, 0.3) is 23.2 Å². The molecule has 0 saturated carbocycles. The lowest BCUT2D eigenvalue weighted by Gasteiger charge is -2.04. The van der Waals surface area contributed by atoms with Gasteiger partial charge in [-0.05, 0) is 43.0 Å². The van der Waals surface area contributed by atoms with Crippen molar-refractivity contribution in [3.05, 3.63) is 62.3 Å². The van der Waals surface area contributed by atoms with Crippen molar-refractivity contribution in [2.45, 2.75) is 32.2 Å². The highest BCUT2D eigenvalue weighted by atomic mass is 79.9. The Bertz CT molecular complexity index is 1130. The Morgan fingerprint density at radius 1 is 1.16 bits per heavy atom. The van der Waals surface area contributed by atoms with Gasteiger partial charge in [-0.15, -0.1) is 0 Å². The lowest BCUT2D eigenvalue weighted by atomic mass is 10.2. The Balaban J connectivity index is 1.80. The number of aryl methyl sites for hydroxylation is 2. The number of hydrogen-bond acceptors (Lipinski definition) is 2. The van der Waals surface area contributed by atoms with Crippen molar-refractivity contribution in [1.82, 2.24) is 9.88 Å². The number of aromatic nitrogens is 2. The third kappa shape index (κ3) is 6.35. The van der Waals surface area contributed by atoms with Crippen LogP contribution in [0, 0.1) is 0 Å². The minimum absolute atomic E-state index is 0.0623. The van der Waals surface area contributed by atoms with Crippen LogP contribution in [0.3, 0.4) is 0 Å². The summed E-state index contributed by atoms with van der Waals surface area (Å²) in [6.07, 6.45) is 7.49. The smallest absolute Gasteiger partial charge is 0.282 e. The summed E-state index contributed by atoms with van der Waals surface area (Å²) in [6, 6.07) is 12.0. The van der Waals surface area contributed by atoms with Crippen LogP contribution in [0.2, 0.25) is 10.0 Å². The fraction of sp³-hybridized carbons (Fsp3) is 0.333. The Morgan fingerprint density at radius 3 is 2.69 bits per heavy atom. The van der Waals surface area contributed by atoms with E-state index in [1.54, 1.807) is 0 Å². The van der Waals surface area contributed by atoms with Crippen molar-refractivity contribution in [3.63, 3.8) is 0 Å². The quantitative estimate of drug-likeness (QED) is 0.270. The van der Waals surface area contributed by atoms with Crippen LogP contribution < -0.4 is 15.6 Å². The lowest BCUT2D eigenvalue weighted by Crippen LogP contribution is -2.31. The molecule has 5 nitrogen and oxygen atoms in total. The summed E-state index contributed by atoms with van der Waals surface area (Å²) in [5.41, 5.74) is 8.59. The maximum atomic E-state index is 11.8. The Labute approximate surface area is 207 Å². The van der Waals surface area contributed by atoms with Gasteiger partial charge in [0.1, 0.15) is 0 Å². The summed E-state index contributed by atoms with van der Waals surface area (Å²) in [4.78, 5) is 11.8. The van der Waals surface area contributed by atoms with Crippen LogP contribution in [0.4, 0.5) is 0 Å². The number of fused-ring (bicyclic) bond motifs is 1. The monoisotopic (exact) mass is 537 g/mol. The summed E-state index contributed by atoms with van der Waals surface area (Å²) in [5, 5.41) is 3.89. The van der Waals surface area contributed by atoms with Crippen molar-refractivity contribution in [2.75, 3.05) is 13.1 Å². The molecular weight excluding hydrogens is 511 g/mol. The molecule has 1 aromatic heterocycles. The average molecular weight is 539 g/mol. The number of carbonyl (C=O) groups is 1. The topological polar surface area (TPSA) is 63.9 Å². The highest BCUT2D eigenvalue weighted by molar-refractivity contribution is 9.10. The van der Waals surface area contributed by atoms with Crippen molar-refractivity contribution >= 4 is 68.2 Å². The van der Waals surface area contributed by atoms with E-state index in [1.165, 1.54) is 0 Å². The molecule has 0 spiro atoms. The van der Waals surface area contributed by atoms with Gasteiger partial charge in [0.2, 0.25) is 5.91 Å². The predicted octanol–water partition coefficient (Wildman–Crippen LogP) is 5.34. The fourth-order valence-electron chi connectivity index (χ4n) is 3.69. The Hall–Kier alpha value is -1.86. The second-order valence-electron chi connectivity index (χ2n) is 7.66. The number of hydrogen-bond donors (Lipinski definition) is 2. The molecule has 0 aliphatic carbocycles. The van der Waals surface area contributed by atoms with Gasteiger partial charge >= 0.3 is 0 Å². The Kier molecular flexibility index (Phi) is 9.17. The third-order valence-electron chi connectivity index (χ3n) is 5.32. The summed E-state index contributed by atoms with van der Waals surface area (Å²) >= 11 is 16.2. The van der Waals surface area contributed by atoms with Crippen molar-refractivity contribution in [2.24, 2.45) is 12.8 Å². The van der Waals surface area contributed by atoms with Crippen LogP contribution in [-0.4, -0.2) is 23.6 Å². The highest BCUT2D eigenvalue weighted by Gasteiger charge is 2.22. The number of rotatable bonds is 10. The summed E-state index contributed by atoms with van der Waals surface area (Å²) < 4.78 is 5.44. The zero-order valence-electron chi connectivity index (χ0n) is 18.1. The van der Waals surface area contributed by atoms with E-state index in [0.717, 1.165) is 52.7 Å². The van der Waals surface area contributed by atoms with Gasteiger partial charge < -0.3 is 11.1 Å². The average Bonchev–Trinajstić information content (AvgIpc) is 3.01. The van der Waals surface area contributed by atoms with E-state index < -0.39 is 0 Å². The van der Waals surface area contributed by atoms with E-state index in [-0.39, 0.29) is 5.91 Å². The van der Waals surface area contributed by atoms with Gasteiger partial charge in [0.15, 0.2) is 11.0 Å². The second-order valence-corrected chi connectivity index (χ2v) is 9.39. The van der Waals surface area contributed by atoms with Crippen LogP contribution in [0.5, 0.6) is 0 Å². The molecule has 1 amide bonds. The van der Waals surface area contributed by atoms with Crippen LogP contribution in [0.15, 0.2) is 40.9 Å². The normalized spacial score (nSPS) is 11.5. The molecule has 1 heterocycles. The zero-order chi connectivity index (χ0) is 23.1. The van der Waals surface area contributed by atoms with Gasteiger partial charge in [-0.1, -0.05) is 51.3 Å². The number of nitrogens with two attached hydrogens (primary N) is 1. The van der Waals surface area contributed by atoms with E-state index in [1.807, 2.05) is 31.3 Å². The number of benzene rings is 2. The number of unbranched alkanes of at least 4 members (excludes halogenated alkanes) is 2. The van der Waals surface area contributed by atoms with E-state index in [2.05, 4.69) is 54.7 Å². The number of imidazole rings is 1. The predicted molar refractivity (Wildman–Crippen MR) is 137 cm³/mol. The molecule has 3 aromatic rings. The van der Waals surface area contributed by atoms with E-state index in [9.17, 15) is 4.79 Å². The second kappa shape index (κ2) is 11.8. The van der Waals surface area contributed by atoms with Gasteiger partial charge in [0, 0.05) is 42.2 Å². The van der Waals surface area contributed by atoms with Gasteiger partial charge in [0.25, 0.3) is 5.82 Å². The number of nitrogens with zero attached hydrogens (tertiary/aromatic N) is 2. The highest BCUT2D eigenvalue weighted by Crippen LogP contribution is 2.28. The van der Waals surface area contributed by atoms with Gasteiger partial charge in [-0.3, -0.25) is 4.79 Å². The first kappa shape index (κ1) is 24.8. The molecule has 3 N–H and O–H groups in total. The van der Waals surface area contributed by atoms with E-state index in [0.29, 0.717) is 29.6 Å². The van der Waals surface area contributed by atoms with Crippen molar-refractivity contribution in [3.8, 4) is 0 Å². The molecule has 0 fully saturated rings. The molecule has 0 bridgehead atoms. The minimum Gasteiger partial charge on any atom is -0.355 e. The molecule has 0 aliphatic heterocycles. The van der Waals surface area contributed by atoms with Crippen LogP contribution in [-0.2, 0) is 18.4 Å². The first-order chi connectivity index (χ1) is 15.4. The van der Waals surface area contributed by atoms with E-state index >= 15 is 0 Å². The summed E-state index contributed by atoms with van der Waals surface area (Å²) in [5.74, 6) is 1.12. The first-order valence-corrected chi connectivity index (χ1v) is 12.2. The third-order valence-corrected chi connectivity index (χ3v) is 6.53. The standard InChI is InChI=1S/C24H27BrCl2N4O/c1-30-21-15-19(26)20(27)16-22(21)31(13-4-2-3-8-23(32)29-12-11-28)24(30)10-9-17-6-5-7-18(25)14-17/h5-7,9-10,14-16H,2-4,8,11-13,28H2,1H3/p+1/b10-9+. The molecule has 8 heteroatoms. The van der Waals surface area contributed by atoms with Gasteiger partial charge in [0.05, 0.1) is 23.6 Å². The number of amides is 1.